The molecule has 0 aliphatic heterocycles. The van der Waals surface area contributed by atoms with E-state index in [-0.39, 0.29) is 12.1 Å². The summed E-state index contributed by atoms with van der Waals surface area (Å²) < 4.78 is 0. The highest BCUT2D eigenvalue weighted by Gasteiger charge is 2.23. The van der Waals surface area contributed by atoms with Crippen molar-refractivity contribution >= 4 is 11.6 Å². The number of aliphatic hydroxyl groups excluding tert-OH is 1. The summed E-state index contributed by atoms with van der Waals surface area (Å²) in [4.78, 5) is 8.96. The van der Waals surface area contributed by atoms with Gasteiger partial charge in [0.25, 0.3) is 0 Å². The van der Waals surface area contributed by atoms with Crippen LogP contribution in [0.2, 0.25) is 0 Å². The number of aryl methyl sites for hydroxylation is 1. The molecule has 0 amide bonds. The minimum atomic E-state index is -0.267. The summed E-state index contributed by atoms with van der Waals surface area (Å²) in [5, 5.41) is 16.4. The Bertz CT molecular complexity index is 410. The molecule has 0 radical (unpaired) electrons. The van der Waals surface area contributed by atoms with Crippen molar-refractivity contribution in [2.24, 2.45) is 0 Å². The number of nitrogens with one attached hydrogen (secondary N) is 2. The number of hydrogen-bond acceptors (Lipinski definition) is 5. The molecule has 5 heteroatoms. The van der Waals surface area contributed by atoms with Crippen LogP contribution in [0.15, 0.2) is 6.07 Å². The van der Waals surface area contributed by atoms with Crippen molar-refractivity contribution in [1.29, 1.82) is 0 Å². The Kier molecular flexibility index (Phi) is 4.96. The van der Waals surface area contributed by atoms with Crippen LogP contribution in [0.4, 0.5) is 11.6 Å². The van der Waals surface area contributed by atoms with E-state index >= 15 is 0 Å². The molecular weight excluding hydrogens is 240 g/mol. The number of anilines is 2. The van der Waals surface area contributed by atoms with Crippen LogP contribution >= 0.6 is 0 Å². The van der Waals surface area contributed by atoms with Gasteiger partial charge in [-0.3, -0.25) is 0 Å². The molecule has 106 valence electrons. The summed E-state index contributed by atoms with van der Waals surface area (Å²) in [6.07, 6.45) is 5.80. The van der Waals surface area contributed by atoms with Gasteiger partial charge in [-0.15, -0.1) is 0 Å². The molecule has 0 bridgehead atoms. The van der Waals surface area contributed by atoms with Crippen molar-refractivity contribution in [2.75, 3.05) is 17.7 Å². The van der Waals surface area contributed by atoms with Crippen LogP contribution in [0, 0.1) is 0 Å². The Morgan fingerprint density at radius 2 is 2.00 bits per heavy atom. The van der Waals surface area contributed by atoms with Gasteiger partial charge in [-0.05, 0) is 19.3 Å². The maximum Gasteiger partial charge on any atom is 0.133 e. The summed E-state index contributed by atoms with van der Waals surface area (Å²) in [6.45, 7) is 2.12. The predicted octanol–water partition coefficient (Wildman–Crippen LogP) is 2.19. The van der Waals surface area contributed by atoms with Gasteiger partial charge in [-0.1, -0.05) is 19.8 Å². The van der Waals surface area contributed by atoms with Crippen LogP contribution in [0.1, 0.15) is 44.9 Å². The van der Waals surface area contributed by atoms with E-state index < -0.39 is 0 Å². The number of aromatic nitrogens is 2. The molecule has 0 saturated heterocycles. The number of rotatable bonds is 5. The molecule has 0 spiro atoms. The molecule has 0 aromatic carbocycles. The van der Waals surface area contributed by atoms with E-state index in [0.717, 1.165) is 49.6 Å². The fourth-order valence-corrected chi connectivity index (χ4v) is 2.50. The fourth-order valence-electron chi connectivity index (χ4n) is 2.50. The Morgan fingerprint density at radius 1 is 1.26 bits per heavy atom. The average Bonchev–Trinajstić information content (AvgIpc) is 2.41. The van der Waals surface area contributed by atoms with Gasteiger partial charge in [0.15, 0.2) is 0 Å². The molecule has 5 nitrogen and oxygen atoms in total. The molecular formula is C14H24N4O. The lowest BCUT2D eigenvalue weighted by molar-refractivity contribution is 0.116. The van der Waals surface area contributed by atoms with E-state index in [0.29, 0.717) is 0 Å². The number of hydrogen-bond donors (Lipinski definition) is 3. The second-order valence-corrected chi connectivity index (χ2v) is 5.16. The molecule has 1 aliphatic rings. The van der Waals surface area contributed by atoms with Crippen molar-refractivity contribution in [1.82, 2.24) is 9.97 Å². The van der Waals surface area contributed by atoms with E-state index in [1.54, 1.807) is 0 Å². The van der Waals surface area contributed by atoms with Gasteiger partial charge < -0.3 is 15.7 Å². The lowest BCUT2D eigenvalue weighted by Crippen LogP contribution is -2.36. The van der Waals surface area contributed by atoms with Crippen LogP contribution in [0.5, 0.6) is 0 Å². The SMILES string of the molecule is CCCc1nc(NC)cc(NC2CCCCC2O)n1. The van der Waals surface area contributed by atoms with E-state index in [2.05, 4.69) is 27.5 Å². The van der Waals surface area contributed by atoms with Gasteiger partial charge in [0.05, 0.1) is 12.1 Å². The summed E-state index contributed by atoms with van der Waals surface area (Å²) in [6, 6.07) is 2.02. The van der Waals surface area contributed by atoms with Crippen molar-refractivity contribution in [2.45, 2.75) is 57.6 Å². The van der Waals surface area contributed by atoms with Gasteiger partial charge in [-0.25, -0.2) is 9.97 Å². The molecule has 2 unspecified atom stereocenters. The second kappa shape index (κ2) is 6.70. The summed E-state index contributed by atoms with van der Waals surface area (Å²) in [5.74, 6) is 2.49. The van der Waals surface area contributed by atoms with Crippen molar-refractivity contribution in [3.05, 3.63) is 11.9 Å². The van der Waals surface area contributed by atoms with Crippen LogP contribution in [0.25, 0.3) is 0 Å². The molecule has 2 rings (SSSR count). The Balaban J connectivity index is 2.11. The van der Waals surface area contributed by atoms with Gasteiger partial charge in [0.2, 0.25) is 0 Å². The largest absolute Gasteiger partial charge is 0.391 e. The van der Waals surface area contributed by atoms with Crippen LogP contribution in [0.3, 0.4) is 0 Å². The zero-order chi connectivity index (χ0) is 13.7. The quantitative estimate of drug-likeness (QED) is 0.760. The third kappa shape index (κ3) is 3.80. The molecule has 1 aliphatic carbocycles. The van der Waals surface area contributed by atoms with Crippen LogP contribution < -0.4 is 10.6 Å². The van der Waals surface area contributed by atoms with Crippen molar-refractivity contribution < 1.29 is 5.11 Å². The van der Waals surface area contributed by atoms with Crippen LogP contribution in [-0.4, -0.2) is 34.3 Å². The number of nitrogens with zero attached hydrogens (tertiary/aromatic N) is 2. The van der Waals surface area contributed by atoms with Gasteiger partial charge in [0, 0.05) is 19.5 Å². The first-order valence-electron chi connectivity index (χ1n) is 7.23. The minimum Gasteiger partial charge on any atom is -0.391 e. The smallest absolute Gasteiger partial charge is 0.133 e. The van der Waals surface area contributed by atoms with Crippen LogP contribution in [-0.2, 0) is 6.42 Å². The van der Waals surface area contributed by atoms with E-state index in [9.17, 15) is 5.11 Å². The third-order valence-electron chi connectivity index (χ3n) is 3.56. The maximum atomic E-state index is 10.0. The second-order valence-electron chi connectivity index (χ2n) is 5.16. The first-order chi connectivity index (χ1) is 9.22. The third-order valence-corrected chi connectivity index (χ3v) is 3.56. The Labute approximate surface area is 114 Å². The standard InChI is InChI=1S/C14H24N4O/c1-3-6-12-17-13(15-2)9-14(18-12)16-10-7-4-5-8-11(10)19/h9-11,19H,3-8H2,1-2H3,(H2,15,16,17,18). The van der Waals surface area contributed by atoms with Crippen molar-refractivity contribution in [3.8, 4) is 0 Å². The lowest BCUT2D eigenvalue weighted by atomic mass is 9.92. The lowest BCUT2D eigenvalue weighted by Gasteiger charge is -2.28. The molecule has 1 aromatic rings. The molecule has 19 heavy (non-hydrogen) atoms. The zero-order valence-electron chi connectivity index (χ0n) is 11.8. The molecule has 1 fully saturated rings. The van der Waals surface area contributed by atoms with E-state index in [1.165, 1.54) is 6.42 Å². The average molecular weight is 264 g/mol. The minimum absolute atomic E-state index is 0.114. The van der Waals surface area contributed by atoms with E-state index in [1.807, 2.05) is 13.1 Å². The normalized spacial score (nSPS) is 23.1. The summed E-state index contributed by atoms with van der Waals surface area (Å²) in [5.41, 5.74) is 0. The first-order valence-corrected chi connectivity index (χ1v) is 7.23. The molecule has 1 saturated carbocycles. The molecule has 2 atom stereocenters. The summed E-state index contributed by atoms with van der Waals surface area (Å²) >= 11 is 0. The predicted molar refractivity (Wildman–Crippen MR) is 77.5 cm³/mol. The maximum absolute atomic E-state index is 10.0. The van der Waals surface area contributed by atoms with E-state index in [4.69, 9.17) is 0 Å². The zero-order valence-corrected chi connectivity index (χ0v) is 11.8. The fraction of sp³-hybridized carbons (Fsp3) is 0.714. The first kappa shape index (κ1) is 14.1. The van der Waals surface area contributed by atoms with Crippen molar-refractivity contribution in [3.63, 3.8) is 0 Å². The Hall–Kier alpha value is -1.36. The van der Waals surface area contributed by atoms with Gasteiger partial charge >= 0.3 is 0 Å². The topological polar surface area (TPSA) is 70.1 Å². The highest BCUT2D eigenvalue weighted by atomic mass is 16.3. The number of aliphatic hydroxyl groups is 1. The Morgan fingerprint density at radius 3 is 2.68 bits per heavy atom. The monoisotopic (exact) mass is 264 g/mol. The summed E-state index contributed by atoms with van der Waals surface area (Å²) in [7, 11) is 1.86. The molecule has 1 aromatic heterocycles. The molecule has 1 heterocycles. The highest BCUT2D eigenvalue weighted by Crippen LogP contribution is 2.22. The molecule has 3 N–H and O–H groups in total. The highest BCUT2D eigenvalue weighted by molar-refractivity contribution is 5.48. The van der Waals surface area contributed by atoms with Gasteiger partial charge in [-0.2, -0.15) is 0 Å². The van der Waals surface area contributed by atoms with Gasteiger partial charge in [0.1, 0.15) is 17.5 Å².